The lowest BCUT2D eigenvalue weighted by Gasteiger charge is -2.32. The summed E-state index contributed by atoms with van der Waals surface area (Å²) in [5, 5.41) is 12.2. The number of likely N-dealkylation sites (tertiary alicyclic amines) is 1. The Balaban J connectivity index is 1.45. The third-order valence-electron chi connectivity index (χ3n) is 7.16. The van der Waals surface area contributed by atoms with Gasteiger partial charge in [0.15, 0.2) is 0 Å². The van der Waals surface area contributed by atoms with Gasteiger partial charge in [-0.3, -0.25) is 14.6 Å². The van der Waals surface area contributed by atoms with Crippen LogP contribution in [-0.2, 0) is 4.79 Å². The van der Waals surface area contributed by atoms with Gasteiger partial charge >= 0.3 is 5.97 Å². The molecule has 40 heavy (non-hydrogen) atoms. The van der Waals surface area contributed by atoms with Gasteiger partial charge in [0.25, 0.3) is 11.8 Å². The molecule has 1 aliphatic rings. The Labute approximate surface area is 238 Å². The van der Waals surface area contributed by atoms with Crippen LogP contribution in [0.5, 0.6) is 0 Å². The number of hydrogen-bond donors (Lipinski definition) is 3. The van der Waals surface area contributed by atoms with Crippen LogP contribution in [0, 0.1) is 6.92 Å². The van der Waals surface area contributed by atoms with Crippen LogP contribution in [-0.4, -0.2) is 53.6 Å². The summed E-state index contributed by atoms with van der Waals surface area (Å²) in [6.07, 6.45) is 2.72. The molecule has 0 aromatic heterocycles. The van der Waals surface area contributed by atoms with E-state index in [9.17, 15) is 14.4 Å². The fraction of sp³-hybridized carbons (Fsp3) is 0.226. The summed E-state index contributed by atoms with van der Waals surface area (Å²) in [5.74, 6) is -1.40. The molecule has 1 fully saturated rings. The minimum Gasteiger partial charge on any atom is -0.478 e. The first-order valence-electron chi connectivity index (χ1n) is 12.9. The highest BCUT2D eigenvalue weighted by atomic mass is 35.5. The van der Waals surface area contributed by atoms with Gasteiger partial charge in [0, 0.05) is 37.6 Å². The quantitative estimate of drug-likeness (QED) is 0.269. The molecule has 0 radical (unpaired) electrons. The standard InChI is InChI=1S/C31H31ClN4O4/c1-19-5-3-4-6-24(19)28(34-2)26(18-33)29(37)35-23-11-12-27(32)25(17-23)30(38)36-15-13-21(14-16-36)20-7-9-22(10-8-20)31(39)40/h3-12,17-18,21H,13-16,33H2,1-2H3,(H,35,37)(H,39,40). The van der Waals surface area contributed by atoms with Crippen molar-refractivity contribution in [2.75, 3.05) is 25.5 Å². The van der Waals surface area contributed by atoms with Crippen molar-refractivity contribution in [2.45, 2.75) is 25.7 Å². The number of carboxylic acid groups (broad SMARTS) is 1. The third kappa shape index (κ3) is 6.24. The lowest BCUT2D eigenvalue weighted by atomic mass is 9.89. The van der Waals surface area contributed by atoms with Crippen molar-refractivity contribution in [3.8, 4) is 0 Å². The van der Waals surface area contributed by atoms with Crippen LogP contribution >= 0.6 is 11.6 Å². The molecular weight excluding hydrogens is 528 g/mol. The molecule has 1 heterocycles. The molecule has 0 unspecified atom stereocenters. The van der Waals surface area contributed by atoms with Gasteiger partial charge in [-0.25, -0.2) is 4.79 Å². The zero-order chi connectivity index (χ0) is 28.8. The largest absolute Gasteiger partial charge is 0.478 e. The number of nitrogens with zero attached hydrogens (tertiary/aromatic N) is 2. The van der Waals surface area contributed by atoms with Crippen molar-refractivity contribution >= 4 is 40.8 Å². The van der Waals surface area contributed by atoms with Gasteiger partial charge in [-0.15, -0.1) is 0 Å². The second-order valence-electron chi connectivity index (χ2n) is 9.61. The normalized spacial score (nSPS) is 14.6. The van der Waals surface area contributed by atoms with Gasteiger partial charge < -0.3 is 21.1 Å². The van der Waals surface area contributed by atoms with Crippen LogP contribution in [0.2, 0.25) is 5.02 Å². The Morgan fingerprint density at radius 1 is 1.02 bits per heavy atom. The molecule has 4 rings (SSSR count). The number of hydrogen-bond acceptors (Lipinski definition) is 5. The number of aliphatic imine (C=N–C) groups is 1. The summed E-state index contributed by atoms with van der Waals surface area (Å²) in [7, 11) is 1.60. The molecule has 0 atom stereocenters. The van der Waals surface area contributed by atoms with E-state index in [2.05, 4.69) is 10.3 Å². The second-order valence-corrected chi connectivity index (χ2v) is 10.0. The van der Waals surface area contributed by atoms with E-state index in [1.165, 1.54) is 6.20 Å². The number of aromatic carboxylic acids is 1. The fourth-order valence-electron chi connectivity index (χ4n) is 4.94. The van der Waals surface area contributed by atoms with Gasteiger partial charge in [0.05, 0.1) is 27.4 Å². The van der Waals surface area contributed by atoms with Crippen LogP contribution in [0.4, 0.5) is 5.69 Å². The van der Waals surface area contributed by atoms with E-state index in [4.69, 9.17) is 22.4 Å². The van der Waals surface area contributed by atoms with Crippen molar-refractivity contribution in [3.63, 3.8) is 0 Å². The Hall–Kier alpha value is -4.43. The Kier molecular flexibility index (Phi) is 9.01. The van der Waals surface area contributed by atoms with E-state index in [-0.39, 0.29) is 23.0 Å². The van der Waals surface area contributed by atoms with Crippen molar-refractivity contribution in [1.29, 1.82) is 0 Å². The number of amides is 2. The summed E-state index contributed by atoms with van der Waals surface area (Å²) in [4.78, 5) is 43.8. The molecule has 3 aromatic rings. The predicted molar refractivity (Wildman–Crippen MR) is 157 cm³/mol. The second kappa shape index (κ2) is 12.6. The number of piperidine rings is 1. The van der Waals surface area contributed by atoms with E-state index in [0.29, 0.717) is 35.1 Å². The maximum absolute atomic E-state index is 13.4. The van der Waals surface area contributed by atoms with Crippen LogP contribution in [0.25, 0.3) is 0 Å². The molecule has 0 spiro atoms. The van der Waals surface area contributed by atoms with E-state index in [1.54, 1.807) is 42.3 Å². The number of halogens is 1. The van der Waals surface area contributed by atoms with Gasteiger partial charge in [0.2, 0.25) is 0 Å². The number of carbonyl (C=O) groups is 3. The summed E-state index contributed by atoms with van der Waals surface area (Å²) in [6, 6.07) is 19.3. The van der Waals surface area contributed by atoms with E-state index >= 15 is 0 Å². The van der Waals surface area contributed by atoms with Crippen LogP contribution in [0.15, 0.2) is 83.5 Å². The van der Waals surface area contributed by atoms with Crippen LogP contribution in [0.3, 0.4) is 0 Å². The van der Waals surface area contributed by atoms with Crippen molar-refractivity contribution < 1.29 is 19.5 Å². The number of carboxylic acids is 1. The zero-order valence-electron chi connectivity index (χ0n) is 22.4. The monoisotopic (exact) mass is 558 g/mol. The molecule has 0 saturated carbocycles. The Morgan fingerprint density at radius 3 is 2.30 bits per heavy atom. The zero-order valence-corrected chi connectivity index (χ0v) is 23.1. The van der Waals surface area contributed by atoms with Crippen molar-refractivity contribution in [2.24, 2.45) is 10.7 Å². The van der Waals surface area contributed by atoms with Crippen molar-refractivity contribution in [3.05, 3.63) is 111 Å². The number of aryl methyl sites for hydroxylation is 1. The summed E-state index contributed by atoms with van der Waals surface area (Å²) < 4.78 is 0. The minimum atomic E-state index is -0.956. The molecular formula is C31H31ClN4O4. The maximum atomic E-state index is 13.4. The molecule has 8 nitrogen and oxygen atoms in total. The highest BCUT2D eigenvalue weighted by Crippen LogP contribution is 2.30. The van der Waals surface area contributed by atoms with Gasteiger partial charge in [-0.05, 0) is 67.1 Å². The van der Waals surface area contributed by atoms with Crippen LogP contribution < -0.4 is 11.1 Å². The first-order valence-corrected chi connectivity index (χ1v) is 13.3. The number of carbonyl (C=O) groups excluding carboxylic acids is 2. The molecule has 1 aliphatic heterocycles. The molecule has 3 aromatic carbocycles. The van der Waals surface area contributed by atoms with Gasteiger partial charge in [0.1, 0.15) is 0 Å². The van der Waals surface area contributed by atoms with Gasteiger partial charge in [-0.2, -0.15) is 0 Å². The summed E-state index contributed by atoms with van der Waals surface area (Å²) in [6.45, 7) is 3.00. The number of nitrogens with one attached hydrogen (secondary N) is 1. The first-order chi connectivity index (χ1) is 19.2. The highest BCUT2D eigenvalue weighted by molar-refractivity contribution is 6.34. The average molecular weight is 559 g/mol. The molecule has 0 bridgehead atoms. The lowest BCUT2D eigenvalue weighted by molar-refractivity contribution is -0.112. The maximum Gasteiger partial charge on any atom is 0.335 e. The highest BCUT2D eigenvalue weighted by Gasteiger charge is 2.26. The summed E-state index contributed by atoms with van der Waals surface area (Å²) >= 11 is 6.41. The first kappa shape index (κ1) is 28.6. The van der Waals surface area contributed by atoms with E-state index in [0.717, 1.165) is 29.5 Å². The SMILES string of the molecule is CN=C(C(=CN)C(=O)Nc1ccc(Cl)c(C(=O)N2CCC(c3ccc(C(=O)O)cc3)CC2)c1)c1ccccc1C. The molecule has 9 heteroatoms. The Morgan fingerprint density at radius 2 is 1.70 bits per heavy atom. The number of anilines is 1. The Bertz CT molecular complexity index is 1490. The van der Waals surface area contributed by atoms with E-state index in [1.807, 2.05) is 43.3 Å². The summed E-state index contributed by atoms with van der Waals surface area (Å²) in [5.41, 5.74) is 10.3. The van der Waals surface area contributed by atoms with Crippen molar-refractivity contribution in [1.82, 2.24) is 4.90 Å². The lowest BCUT2D eigenvalue weighted by Crippen LogP contribution is -2.38. The van der Waals surface area contributed by atoms with Crippen LogP contribution in [0.1, 0.15) is 56.2 Å². The molecule has 2 amide bonds. The third-order valence-corrected chi connectivity index (χ3v) is 7.49. The van der Waals surface area contributed by atoms with Gasteiger partial charge in [-0.1, -0.05) is 48.0 Å². The predicted octanol–water partition coefficient (Wildman–Crippen LogP) is 5.27. The molecule has 206 valence electrons. The molecule has 1 saturated heterocycles. The fourth-order valence-corrected chi connectivity index (χ4v) is 5.13. The average Bonchev–Trinajstić information content (AvgIpc) is 2.97. The number of benzene rings is 3. The smallest absolute Gasteiger partial charge is 0.335 e. The number of rotatable bonds is 7. The minimum absolute atomic E-state index is 0.207. The van der Waals surface area contributed by atoms with E-state index < -0.39 is 11.9 Å². The number of nitrogens with two attached hydrogens (primary N) is 1. The molecule has 0 aliphatic carbocycles. The topological polar surface area (TPSA) is 125 Å². The molecule has 4 N–H and O–H groups in total.